The lowest BCUT2D eigenvalue weighted by molar-refractivity contribution is -0.135. The van der Waals surface area contributed by atoms with Crippen LogP contribution >= 0.6 is 0 Å². The van der Waals surface area contributed by atoms with Crippen molar-refractivity contribution in [1.29, 1.82) is 0 Å². The zero-order valence-electron chi connectivity index (χ0n) is 19.2. The monoisotopic (exact) mass is 418 g/mol. The van der Waals surface area contributed by atoms with Gasteiger partial charge in [0.1, 0.15) is 5.78 Å². The topological polar surface area (TPSA) is 91.7 Å². The summed E-state index contributed by atoms with van der Waals surface area (Å²) in [6, 6.07) is 0. The summed E-state index contributed by atoms with van der Waals surface area (Å²) in [5.41, 5.74) is 2.66. The number of ketones is 1. The maximum Gasteiger partial charge on any atom is 0.331 e. The molecule has 1 aliphatic rings. The summed E-state index contributed by atoms with van der Waals surface area (Å²) >= 11 is 0. The van der Waals surface area contributed by atoms with Gasteiger partial charge in [-0.1, -0.05) is 44.1 Å². The van der Waals surface area contributed by atoms with E-state index in [1.54, 1.807) is 0 Å². The molecule has 0 aromatic carbocycles. The lowest BCUT2D eigenvalue weighted by Gasteiger charge is -2.42. The summed E-state index contributed by atoms with van der Waals surface area (Å²) in [5, 5.41) is 17.7. The van der Waals surface area contributed by atoms with Crippen LogP contribution in [0.1, 0.15) is 86.0 Å². The average Bonchev–Trinajstić information content (AvgIpc) is 2.63. The highest BCUT2D eigenvalue weighted by Gasteiger charge is 2.40. The number of carboxylic acids is 2. The number of Topliss-reactive ketones (excluding diaryl/α,β-unsaturated/α-hetero) is 1. The van der Waals surface area contributed by atoms with Crippen LogP contribution in [0.4, 0.5) is 0 Å². The Kier molecular flexibility index (Phi) is 10.2. The fourth-order valence-corrected chi connectivity index (χ4v) is 4.40. The number of allylic oxidation sites excluding steroid dienone is 4. The normalized spacial score (nSPS) is 22.8. The molecule has 0 bridgehead atoms. The summed E-state index contributed by atoms with van der Waals surface area (Å²) in [5.74, 6) is -1.42. The second-order valence-electron chi connectivity index (χ2n) is 9.38. The third-order valence-electron chi connectivity index (χ3n) is 6.49. The fourth-order valence-electron chi connectivity index (χ4n) is 4.40. The van der Waals surface area contributed by atoms with Crippen LogP contribution in [0.15, 0.2) is 34.9 Å². The molecule has 0 heterocycles. The van der Waals surface area contributed by atoms with Gasteiger partial charge in [-0.05, 0) is 70.1 Å². The molecule has 1 saturated carbocycles. The van der Waals surface area contributed by atoms with Gasteiger partial charge in [-0.3, -0.25) is 4.79 Å². The third-order valence-corrected chi connectivity index (χ3v) is 6.49. The maximum absolute atomic E-state index is 12.1. The summed E-state index contributed by atoms with van der Waals surface area (Å²) < 4.78 is 0. The van der Waals surface area contributed by atoms with Crippen molar-refractivity contribution < 1.29 is 24.6 Å². The zero-order chi connectivity index (χ0) is 22.9. The van der Waals surface area contributed by atoms with E-state index in [0.717, 1.165) is 38.2 Å². The molecule has 1 aliphatic carbocycles. The van der Waals surface area contributed by atoms with Gasteiger partial charge in [0.25, 0.3) is 0 Å². The fraction of sp³-hybridized carbons (Fsp3) is 0.640. The van der Waals surface area contributed by atoms with E-state index in [1.165, 1.54) is 11.1 Å². The quantitative estimate of drug-likeness (QED) is 0.319. The van der Waals surface area contributed by atoms with Crippen molar-refractivity contribution in [3.05, 3.63) is 34.9 Å². The molecule has 2 unspecified atom stereocenters. The molecule has 0 amide bonds. The molecular formula is C25H38O5. The Labute approximate surface area is 180 Å². The van der Waals surface area contributed by atoms with Gasteiger partial charge in [-0.25, -0.2) is 9.59 Å². The lowest BCUT2D eigenvalue weighted by atomic mass is 9.62. The minimum Gasteiger partial charge on any atom is -0.478 e. The van der Waals surface area contributed by atoms with Crippen molar-refractivity contribution in [3.63, 3.8) is 0 Å². The molecule has 5 heteroatoms. The van der Waals surface area contributed by atoms with Gasteiger partial charge in [0.2, 0.25) is 0 Å². The van der Waals surface area contributed by atoms with Gasteiger partial charge < -0.3 is 10.2 Å². The smallest absolute Gasteiger partial charge is 0.331 e. The highest BCUT2D eigenvalue weighted by atomic mass is 16.4. The van der Waals surface area contributed by atoms with Gasteiger partial charge in [-0.15, -0.1) is 0 Å². The Morgan fingerprint density at radius 1 is 1.03 bits per heavy atom. The molecule has 0 aromatic heterocycles. The number of rotatable bonds is 11. The van der Waals surface area contributed by atoms with Crippen molar-refractivity contribution in [2.45, 2.75) is 86.0 Å². The molecule has 5 nitrogen and oxygen atoms in total. The molecular weight excluding hydrogens is 380 g/mol. The molecule has 2 N–H and O–H groups in total. The Morgan fingerprint density at radius 3 is 2.17 bits per heavy atom. The van der Waals surface area contributed by atoms with Crippen LogP contribution in [-0.4, -0.2) is 27.9 Å². The summed E-state index contributed by atoms with van der Waals surface area (Å²) in [7, 11) is 0. The van der Waals surface area contributed by atoms with Gasteiger partial charge >= 0.3 is 11.9 Å². The lowest BCUT2D eigenvalue weighted by Crippen LogP contribution is -2.38. The van der Waals surface area contributed by atoms with Crippen LogP contribution < -0.4 is 0 Å². The molecule has 2 atom stereocenters. The predicted octanol–water partition coefficient (Wildman–Crippen LogP) is 5.96. The molecule has 168 valence electrons. The largest absolute Gasteiger partial charge is 0.478 e. The molecule has 0 radical (unpaired) electrons. The van der Waals surface area contributed by atoms with E-state index in [1.807, 2.05) is 13.0 Å². The number of aliphatic carboxylic acids is 2. The van der Waals surface area contributed by atoms with Crippen molar-refractivity contribution in [1.82, 2.24) is 0 Å². The molecule has 30 heavy (non-hydrogen) atoms. The zero-order valence-corrected chi connectivity index (χ0v) is 19.2. The average molecular weight is 419 g/mol. The third kappa shape index (κ3) is 8.68. The maximum atomic E-state index is 12.1. The standard InChI is InChI=1S/C25H38O5/c1-17(10-7-11-20(24(29)30)16-23(27)28)8-6-9-18(2)12-13-21-19(3)22(26)14-15-25(21,4)5/h9-10,16,19,21H,6-8,11-15H2,1-5H3,(H,27,28)(H,29,30). The van der Waals surface area contributed by atoms with Gasteiger partial charge in [0, 0.05) is 24.0 Å². The highest BCUT2D eigenvalue weighted by molar-refractivity contribution is 5.94. The van der Waals surface area contributed by atoms with Gasteiger partial charge in [0.05, 0.1) is 0 Å². The van der Waals surface area contributed by atoms with Crippen LogP contribution in [0.2, 0.25) is 0 Å². The van der Waals surface area contributed by atoms with Crippen molar-refractivity contribution in [3.8, 4) is 0 Å². The number of hydrogen-bond acceptors (Lipinski definition) is 3. The van der Waals surface area contributed by atoms with Gasteiger partial charge in [-0.2, -0.15) is 0 Å². The van der Waals surface area contributed by atoms with Crippen molar-refractivity contribution in [2.24, 2.45) is 17.3 Å². The molecule has 0 aromatic rings. The van der Waals surface area contributed by atoms with E-state index >= 15 is 0 Å². The summed E-state index contributed by atoms with van der Waals surface area (Å²) in [6.45, 7) is 10.8. The van der Waals surface area contributed by atoms with E-state index in [2.05, 4.69) is 33.8 Å². The van der Waals surface area contributed by atoms with Crippen molar-refractivity contribution >= 4 is 17.7 Å². The van der Waals surface area contributed by atoms with Crippen LogP contribution in [0.25, 0.3) is 0 Å². The number of hydrogen-bond donors (Lipinski definition) is 2. The molecule has 0 saturated heterocycles. The first kappa shape index (κ1) is 25.9. The van der Waals surface area contributed by atoms with Crippen LogP contribution in [0, 0.1) is 17.3 Å². The SMILES string of the molecule is CC(=CCCC(=CC(=O)O)C(=O)O)CCC=C(C)CCC1C(C)C(=O)CCC1(C)C. The van der Waals surface area contributed by atoms with E-state index in [9.17, 15) is 14.4 Å². The Hall–Kier alpha value is -2.17. The van der Waals surface area contributed by atoms with E-state index < -0.39 is 11.9 Å². The Balaban J connectivity index is 2.47. The van der Waals surface area contributed by atoms with E-state index in [4.69, 9.17) is 10.2 Å². The van der Waals surface area contributed by atoms with Crippen LogP contribution in [0.5, 0.6) is 0 Å². The Bertz CT molecular complexity index is 724. The number of carbonyl (C=O) groups excluding carboxylic acids is 1. The molecule has 1 fully saturated rings. The van der Waals surface area contributed by atoms with Crippen LogP contribution in [-0.2, 0) is 14.4 Å². The first-order valence-corrected chi connectivity index (χ1v) is 10.9. The minimum atomic E-state index is -1.23. The predicted molar refractivity (Wildman–Crippen MR) is 119 cm³/mol. The first-order chi connectivity index (χ1) is 13.9. The van der Waals surface area contributed by atoms with E-state index in [-0.39, 0.29) is 23.3 Å². The van der Waals surface area contributed by atoms with E-state index in [0.29, 0.717) is 24.5 Å². The number of carboxylic acid groups (broad SMARTS) is 2. The molecule has 0 spiro atoms. The second-order valence-corrected chi connectivity index (χ2v) is 9.38. The van der Waals surface area contributed by atoms with Gasteiger partial charge in [0.15, 0.2) is 0 Å². The molecule has 0 aliphatic heterocycles. The summed E-state index contributed by atoms with van der Waals surface area (Å²) in [6.07, 6.45) is 11.3. The summed E-state index contributed by atoms with van der Waals surface area (Å²) in [4.78, 5) is 33.8. The molecule has 1 rings (SSSR count). The van der Waals surface area contributed by atoms with Crippen molar-refractivity contribution in [2.75, 3.05) is 0 Å². The number of carbonyl (C=O) groups is 3. The highest BCUT2D eigenvalue weighted by Crippen LogP contribution is 2.45. The second kappa shape index (κ2) is 11.9. The Morgan fingerprint density at radius 2 is 1.60 bits per heavy atom. The first-order valence-electron chi connectivity index (χ1n) is 10.9. The van der Waals surface area contributed by atoms with Crippen LogP contribution in [0.3, 0.4) is 0 Å². The minimum absolute atomic E-state index is 0.0827.